The number of hydrogen-bond acceptors (Lipinski definition) is 3. The summed E-state index contributed by atoms with van der Waals surface area (Å²) < 4.78 is 8.52. The first-order chi connectivity index (χ1) is 11.7. The van der Waals surface area contributed by atoms with E-state index in [0.29, 0.717) is 18.9 Å². The van der Waals surface area contributed by atoms with Crippen molar-refractivity contribution >= 4 is 27.5 Å². The van der Waals surface area contributed by atoms with Crippen LogP contribution in [0.5, 0.6) is 0 Å². The number of methoxy groups -OCH3 is 1. The lowest BCUT2D eigenvalue weighted by Gasteiger charge is -2.19. The molecule has 1 saturated carbocycles. The molecule has 1 aliphatic carbocycles. The lowest BCUT2D eigenvalue weighted by molar-refractivity contribution is -0.119. The van der Waals surface area contributed by atoms with Gasteiger partial charge in [-0.1, -0.05) is 36.7 Å². The van der Waals surface area contributed by atoms with E-state index >= 15 is 0 Å². The highest BCUT2D eigenvalue weighted by Gasteiger charge is 2.17. The third-order valence-electron chi connectivity index (χ3n) is 4.77. The highest BCUT2D eigenvalue weighted by Crippen LogP contribution is 2.26. The SMILES string of the molecule is COCCn1c(=NC(=O)CC2CCCCC2)sc2cc(C)ccc21. The minimum Gasteiger partial charge on any atom is -0.383 e. The number of ether oxygens (including phenoxy) is 1. The zero-order chi connectivity index (χ0) is 16.9. The summed E-state index contributed by atoms with van der Waals surface area (Å²) in [6.45, 7) is 3.42. The molecular weight excluding hydrogens is 320 g/mol. The number of carbonyl (C=O) groups excluding carboxylic acids is 1. The van der Waals surface area contributed by atoms with Crippen molar-refractivity contribution in [2.45, 2.75) is 52.0 Å². The number of benzene rings is 1. The van der Waals surface area contributed by atoms with Crippen LogP contribution in [0.3, 0.4) is 0 Å². The van der Waals surface area contributed by atoms with Gasteiger partial charge < -0.3 is 9.30 Å². The van der Waals surface area contributed by atoms with E-state index in [0.717, 1.165) is 16.9 Å². The number of aromatic nitrogens is 1. The molecule has 0 atom stereocenters. The predicted molar refractivity (Wildman–Crippen MR) is 98.2 cm³/mol. The molecule has 0 radical (unpaired) electrons. The van der Waals surface area contributed by atoms with E-state index in [4.69, 9.17) is 4.74 Å². The molecule has 4 nitrogen and oxygen atoms in total. The van der Waals surface area contributed by atoms with Gasteiger partial charge in [0.05, 0.1) is 16.8 Å². The van der Waals surface area contributed by atoms with Crippen molar-refractivity contribution in [2.24, 2.45) is 10.9 Å². The second kappa shape index (κ2) is 8.08. The van der Waals surface area contributed by atoms with Crippen LogP contribution in [0, 0.1) is 12.8 Å². The number of nitrogens with zero attached hydrogens (tertiary/aromatic N) is 2. The van der Waals surface area contributed by atoms with Crippen molar-refractivity contribution in [3.63, 3.8) is 0 Å². The Morgan fingerprint density at radius 2 is 2.12 bits per heavy atom. The summed E-state index contributed by atoms with van der Waals surface area (Å²) in [5.41, 5.74) is 2.36. The van der Waals surface area contributed by atoms with E-state index in [2.05, 4.69) is 34.7 Å². The standard InChI is InChI=1S/C19H26N2O2S/c1-14-8-9-16-17(12-14)24-19(21(16)10-11-23-2)20-18(22)13-15-6-4-3-5-7-15/h8-9,12,15H,3-7,10-11,13H2,1-2H3. The van der Waals surface area contributed by atoms with Crippen LogP contribution in [0.25, 0.3) is 10.2 Å². The zero-order valence-corrected chi connectivity index (χ0v) is 15.4. The number of aryl methyl sites for hydroxylation is 1. The number of thiazole rings is 1. The highest BCUT2D eigenvalue weighted by atomic mass is 32.1. The van der Waals surface area contributed by atoms with E-state index in [1.807, 2.05) is 0 Å². The van der Waals surface area contributed by atoms with Crippen LogP contribution in [-0.4, -0.2) is 24.2 Å². The molecule has 1 fully saturated rings. The Hall–Kier alpha value is -1.46. The number of amides is 1. The molecule has 0 spiro atoms. The molecule has 0 bridgehead atoms. The van der Waals surface area contributed by atoms with E-state index in [-0.39, 0.29) is 5.91 Å². The zero-order valence-electron chi connectivity index (χ0n) is 14.6. The number of rotatable bonds is 5. The Morgan fingerprint density at radius 1 is 1.33 bits per heavy atom. The topological polar surface area (TPSA) is 43.6 Å². The highest BCUT2D eigenvalue weighted by molar-refractivity contribution is 7.16. The molecule has 1 aromatic heterocycles. The quantitative estimate of drug-likeness (QED) is 0.819. The molecular formula is C19H26N2O2S. The van der Waals surface area contributed by atoms with Crippen LogP contribution in [0.2, 0.25) is 0 Å². The van der Waals surface area contributed by atoms with E-state index in [9.17, 15) is 4.79 Å². The smallest absolute Gasteiger partial charge is 0.248 e. The van der Waals surface area contributed by atoms with Crippen molar-refractivity contribution in [3.8, 4) is 0 Å². The van der Waals surface area contributed by atoms with Gasteiger partial charge in [0, 0.05) is 20.1 Å². The minimum atomic E-state index is 0.0244. The second-order valence-corrected chi connectivity index (χ2v) is 7.72. The Labute approximate surface area is 147 Å². The molecule has 0 N–H and O–H groups in total. The molecule has 1 aromatic carbocycles. The molecule has 0 saturated heterocycles. The van der Waals surface area contributed by atoms with Gasteiger partial charge in [-0.2, -0.15) is 4.99 Å². The van der Waals surface area contributed by atoms with E-state index in [1.165, 1.54) is 42.4 Å². The summed E-state index contributed by atoms with van der Waals surface area (Å²) in [5, 5.41) is 0. The van der Waals surface area contributed by atoms with Crippen LogP contribution in [0.15, 0.2) is 23.2 Å². The van der Waals surface area contributed by atoms with Gasteiger partial charge in [0.1, 0.15) is 0 Å². The number of fused-ring (bicyclic) bond motifs is 1. The van der Waals surface area contributed by atoms with Gasteiger partial charge >= 0.3 is 0 Å². The third-order valence-corrected chi connectivity index (χ3v) is 5.81. The molecule has 0 unspecified atom stereocenters. The van der Waals surface area contributed by atoms with Crippen molar-refractivity contribution < 1.29 is 9.53 Å². The lowest BCUT2D eigenvalue weighted by atomic mass is 9.87. The van der Waals surface area contributed by atoms with Gasteiger partial charge in [-0.15, -0.1) is 0 Å². The summed E-state index contributed by atoms with van der Waals surface area (Å²) >= 11 is 1.60. The van der Waals surface area contributed by atoms with Crippen LogP contribution >= 0.6 is 11.3 Å². The van der Waals surface area contributed by atoms with Crippen LogP contribution in [0.4, 0.5) is 0 Å². The molecule has 1 aliphatic rings. The molecule has 2 aromatic rings. The van der Waals surface area contributed by atoms with Gasteiger partial charge in [-0.05, 0) is 43.4 Å². The van der Waals surface area contributed by atoms with Gasteiger partial charge in [0.2, 0.25) is 5.91 Å². The number of hydrogen-bond donors (Lipinski definition) is 0. The Balaban J connectivity index is 1.89. The lowest BCUT2D eigenvalue weighted by Crippen LogP contribution is -2.20. The van der Waals surface area contributed by atoms with Crippen LogP contribution < -0.4 is 4.80 Å². The molecule has 3 rings (SSSR count). The first kappa shape index (κ1) is 17.4. The van der Waals surface area contributed by atoms with E-state index < -0.39 is 0 Å². The Morgan fingerprint density at radius 3 is 2.88 bits per heavy atom. The summed E-state index contributed by atoms with van der Waals surface area (Å²) in [5.74, 6) is 0.551. The largest absolute Gasteiger partial charge is 0.383 e. The fourth-order valence-electron chi connectivity index (χ4n) is 3.45. The normalized spacial score (nSPS) is 16.8. The maximum atomic E-state index is 12.4. The van der Waals surface area contributed by atoms with Crippen molar-refractivity contribution in [3.05, 3.63) is 28.6 Å². The Kier molecular flexibility index (Phi) is 5.85. The fraction of sp³-hybridized carbons (Fsp3) is 0.579. The summed E-state index contributed by atoms with van der Waals surface area (Å²) in [6.07, 6.45) is 6.78. The minimum absolute atomic E-state index is 0.0244. The van der Waals surface area contributed by atoms with Gasteiger partial charge in [0.15, 0.2) is 4.80 Å². The first-order valence-corrected chi connectivity index (χ1v) is 9.65. The summed E-state index contributed by atoms with van der Waals surface area (Å²) in [4.78, 5) is 17.7. The summed E-state index contributed by atoms with van der Waals surface area (Å²) in [7, 11) is 1.70. The van der Waals surface area contributed by atoms with Crippen LogP contribution in [-0.2, 0) is 16.1 Å². The van der Waals surface area contributed by atoms with Crippen LogP contribution in [0.1, 0.15) is 44.1 Å². The Bertz CT molecular complexity index is 769. The predicted octanol–water partition coefficient (Wildman–Crippen LogP) is 4.06. The van der Waals surface area contributed by atoms with E-state index in [1.54, 1.807) is 18.4 Å². The maximum Gasteiger partial charge on any atom is 0.248 e. The third kappa shape index (κ3) is 4.14. The second-order valence-electron chi connectivity index (χ2n) is 6.71. The van der Waals surface area contributed by atoms with Gasteiger partial charge in [-0.3, -0.25) is 4.79 Å². The maximum absolute atomic E-state index is 12.4. The number of carbonyl (C=O) groups is 1. The van der Waals surface area contributed by atoms with Crippen molar-refractivity contribution in [1.82, 2.24) is 4.57 Å². The first-order valence-electron chi connectivity index (χ1n) is 8.84. The monoisotopic (exact) mass is 346 g/mol. The average Bonchev–Trinajstić information content (AvgIpc) is 2.89. The fourth-order valence-corrected chi connectivity index (χ4v) is 4.63. The molecule has 1 amide bonds. The van der Waals surface area contributed by atoms with Gasteiger partial charge in [-0.25, -0.2) is 0 Å². The summed E-state index contributed by atoms with van der Waals surface area (Å²) in [6, 6.07) is 6.38. The molecule has 5 heteroatoms. The van der Waals surface area contributed by atoms with Crippen molar-refractivity contribution in [1.29, 1.82) is 0 Å². The molecule has 1 heterocycles. The molecule has 24 heavy (non-hydrogen) atoms. The molecule has 0 aliphatic heterocycles. The van der Waals surface area contributed by atoms with Crippen molar-refractivity contribution in [2.75, 3.05) is 13.7 Å². The molecule has 130 valence electrons. The average molecular weight is 346 g/mol. The van der Waals surface area contributed by atoms with Gasteiger partial charge in [0.25, 0.3) is 0 Å².